The zero-order valence-corrected chi connectivity index (χ0v) is 10.3. The summed E-state index contributed by atoms with van der Waals surface area (Å²) in [5.74, 6) is 0.236. The lowest BCUT2D eigenvalue weighted by molar-refractivity contribution is -0.133. The molecule has 14 heavy (non-hydrogen) atoms. The summed E-state index contributed by atoms with van der Waals surface area (Å²) in [4.78, 5) is 13.5. The molecule has 0 bridgehead atoms. The van der Waals surface area contributed by atoms with Gasteiger partial charge < -0.3 is 10.6 Å². The molecule has 1 amide bonds. The van der Waals surface area contributed by atoms with Crippen LogP contribution in [0.25, 0.3) is 0 Å². The summed E-state index contributed by atoms with van der Waals surface area (Å²) in [6.45, 7) is 11.0. The molecule has 0 aromatic carbocycles. The molecule has 3 heteroatoms. The summed E-state index contributed by atoms with van der Waals surface area (Å²) in [5.41, 5.74) is 5.91. The van der Waals surface area contributed by atoms with Crippen molar-refractivity contribution in [3.8, 4) is 0 Å². The zero-order chi connectivity index (χ0) is 11.5. The second-order valence-corrected chi connectivity index (χ2v) is 5.52. The fourth-order valence-corrected chi connectivity index (χ4v) is 1.33. The molecule has 0 rings (SSSR count). The van der Waals surface area contributed by atoms with Crippen LogP contribution in [0.1, 0.15) is 34.6 Å². The van der Waals surface area contributed by atoms with Crippen molar-refractivity contribution < 1.29 is 4.79 Å². The van der Waals surface area contributed by atoms with E-state index in [1.165, 1.54) is 0 Å². The van der Waals surface area contributed by atoms with Gasteiger partial charge in [0.2, 0.25) is 5.91 Å². The standard InChI is InChI=1S/C11H24N2O/c1-8(2)9(12)10(14)13(6)7-11(3,4)5/h8-9H,7,12H2,1-6H3/t9-/m0/s1. The highest BCUT2D eigenvalue weighted by atomic mass is 16.2. The van der Waals surface area contributed by atoms with Crippen LogP contribution in [0.2, 0.25) is 0 Å². The number of carbonyl (C=O) groups excluding carboxylic acids is 1. The molecular formula is C11H24N2O. The second-order valence-electron chi connectivity index (χ2n) is 5.52. The van der Waals surface area contributed by atoms with Crippen molar-refractivity contribution in [2.75, 3.05) is 13.6 Å². The molecular weight excluding hydrogens is 176 g/mol. The van der Waals surface area contributed by atoms with Crippen LogP contribution in [0.3, 0.4) is 0 Å². The van der Waals surface area contributed by atoms with Crippen LogP contribution in [0.15, 0.2) is 0 Å². The highest BCUT2D eigenvalue weighted by molar-refractivity contribution is 5.81. The highest BCUT2D eigenvalue weighted by Crippen LogP contribution is 2.15. The molecule has 0 fully saturated rings. The van der Waals surface area contributed by atoms with E-state index < -0.39 is 0 Å². The molecule has 0 radical (unpaired) electrons. The molecule has 84 valence electrons. The minimum absolute atomic E-state index is 0.0370. The van der Waals surface area contributed by atoms with Gasteiger partial charge in [-0.25, -0.2) is 0 Å². The molecule has 0 aromatic rings. The van der Waals surface area contributed by atoms with E-state index in [2.05, 4.69) is 20.8 Å². The van der Waals surface area contributed by atoms with Crippen LogP contribution in [0.4, 0.5) is 0 Å². The predicted octanol–water partition coefficient (Wildman–Crippen LogP) is 1.47. The first-order chi connectivity index (χ1) is 6.15. The molecule has 0 spiro atoms. The monoisotopic (exact) mass is 200 g/mol. The zero-order valence-electron chi connectivity index (χ0n) is 10.3. The van der Waals surface area contributed by atoms with Crippen LogP contribution >= 0.6 is 0 Å². The Morgan fingerprint density at radius 3 is 2.07 bits per heavy atom. The first-order valence-electron chi connectivity index (χ1n) is 5.15. The molecule has 0 aliphatic carbocycles. The van der Waals surface area contributed by atoms with Crippen molar-refractivity contribution >= 4 is 5.91 Å². The van der Waals surface area contributed by atoms with Crippen molar-refractivity contribution in [1.82, 2.24) is 4.90 Å². The summed E-state index contributed by atoms with van der Waals surface area (Å²) in [6.07, 6.45) is 0. The molecule has 0 saturated heterocycles. The van der Waals surface area contributed by atoms with Crippen molar-refractivity contribution in [3.63, 3.8) is 0 Å². The van der Waals surface area contributed by atoms with Crippen LogP contribution in [-0.2, 0) is 4.79 Å². The fourth-order valence-electron chi connectivity index (χ4n) is 1.33. The topological polar surface area (TPSA) is 46.3 Å². The van der Waals surface area contributed by atoms with E-state index in [4.69, 9.17) is 5.73 Å². The van der Waals surface area contributed by atoms with Gasteiger partial charge in [-0.05, 0) is 11.3 Å². The molecule has 0 aliphatic heterocycles. The minimum Gasteiger partial charge on any atom is -0.344 e. The molecule has 3 nitrogen and oxygen atoms in total. The van der Waals surface area contributed by atoms with Crippen LogP contribution in [-0.4, -0.2) is 30.4 Å². The number of nitrogens with two attached hydrogens (primary N) is 1. The molecule has 0 aliphatic rings. The number of hydrogen-bond donors (Lipinski definition) is 1. The van der Waals surface area contributed by atoms with E-state index in [1.807, 2.05) is 20.9 Å². The van der Waals surface area contributed by atoms with E-state index in [0.29, 0.717) is 0 Å². The van der Waals surface area contributed by atoms with Gasteiger partial charge in [0.15, 0.2) is 0 Å². The third-order valence-electron chi connectivity index (χ3n) is 2.09. The van der Waals surface area contributed by atoms with Gasteiger partial charge in [-0.15, -0.1) is 0 Å². The van der Waals surface area contributed by atoms with Crippen molar-refractivity contribution in [2.24, 2.45) is 17.1 Å². The minimum atomic E-state index is -0.373. The third kappa shape index (κ3) is 4.61. The number of nitrogens with zero attached hydrogens (tertiary/aromatic N) is 1. The normalized spacial score (nSPS) is 14.3. The number of rotatable bonds is 3. The predicted molar refractivity (Wildman–Crippen MR) is 59.9 cm³/mol. The van der Waals surface area contributed by atoms with Gasteiger partial charge in [0.25, 0.3) is 0 Å². The third-order valence-corrected chi connectivity index (χ3v) is 2.09. The number of hydrogen-bond acceptors (Lipinski definition) is 2. The van der Waals surface area contributed by atoms with E-state index in [0.717, 1.165) is 6.54 Å². The Balaban J connectivity index is 4.26. The van der Waals surface area contributed by atoms with Crippen LogP contribution < -0.4 is 5.73 Å². The van der Waals surface area contributed by atoms with Gasteiger partial charge in [-0.3, -0.25) is 4.79 Å². The Morgan fingerprint density at radius 1 is 1.36 bits per heavy atom. The average Bonchev–Trinajstić information content (AvgIpc) is 1.98. The molecule has 1 atom stereocenters. The van der Waals surface area contributed by atoms with E-state index in [1.54, 1.807) is 4.90 Å². The average molecular weight is 200 g/mol. The van der Waals surface area contributed by atoms with Gasteiger partial charge in [0, 0.05) is 13.6 Å². The first kappa shape index (κ1) is 13.4. The van der Waals surface area contributed by atoms with E-state index in [-0.39, 0.29) is 23.3 Å². The Hall–Kier alpha value is -0.570. The first-order valence-corrected chi connectivity index (χ1v) is 5.15. The van der Waals surface area contributed by atoms with E-state index >= 15 is 0 Å². The second kappa shape index (κ2) is 4.78. The Morgan fingerprint density at radius 2 is 1.79 bits per heavy atom. The largest absolute Gasteiger partial charge is 0.344 e. The summed E-state index contributed by atoms with van der Waals surface area (Å²) in [6, 6.07) is -0.373. The van der Waals surface area contributed by atoms with Crippen LogP contribution in [0, 0.1) is 11.3 Å². The lowest BCUT2D eigenvalue weighted by atomic mass is 9.95. The maximum atomic E-state index is 11.8. The fraction of sp³-hybridized carbons (Fsp3) is 0.909. The number of carbonyl (C=O) groups is 1. The van der Waals surface area contributed by atoms with Crippen molar-refractivity contribution in [2.45, 2.75) is 40.7 Å². The lowest BCUT2D eigenvalue weighted by Gasteiger charge is -2.29. The van der Waals surface area contributed by atoms with E-state index in [9.17, 15) is 4.79 Å². The smallest absolute Gasteiger partial charge is 0.239 e. The molecule has 0 unspecified atom stereocenters. The Kier molecular flexibility index (Phi) is 4.59. The Bertz CT molecular complexity index is 194. The maximum Gasteiger partial charge on any atom is 0.239 e. The highest BCUT2D eigenvalue weighted by Gasteiger charge is 2.24. The van der Waals surface area contributed by atoms with Crippen LogP contribution in [0.5, 0.6) is 0 Å². The quantitative estimate of drug-likeness (QED) is 0.750. The van der Waals surface area contributed by atoms with Gasteiger partial charge in [-0.1, -0.05) is 34.6 Å². The summed E-state index contributed by atoms with van der Waals surface area (Å²) in [5, 5.41) is 0. The summed E-state index contributed by atoms with van der Waals surface area (Å²) >= 11 is 0. The molecule has 0 saturated carbocycles. The molecule has 0 aromatic heterocycles. The Labute approximate surface area is 87.6 Å². The van der Waals surface area contributed by atoms with Gasteiger partial charge in [0.05, 0.1) is 6.04 Å². The van der Waals surface area contributed by atoms with Gasteiger partial charge in [0.1, 0.15) is 0 Å². The number of amides is 1. The van der Waals surface area contributed by atoms with Crippen molar-refractivity contribution in [3.05, 3.63) is 0 Å². The van der Waals surface area contributed by atoms with Gasteiger partial charge >= 0.3 is 0 Å². The lowest BCUT2D eigenvalue weighted by Crippen LogP contribution is -2.47. The molecule has 2 N–H and O–H groups in total. The summed E-state index contributed by atoms with van der Waals surface area (Å²) in [7, 11) is 1.82. The maximum absolute atomic E-state index is 11.8. The summed E-state index contributed by atoms with van der Waals surface area (Å²) < 4.78 is 0. The molecule has 0 heterocycles. The van der Waals surface area contributed by atoms with Gasteiger partial charge in [-0.2, -0.15) is 0 Å². The SMILES string of the molecule is CC(C)[C@H](N)C(=O)N(C)CC(C)(C)C. The van der Waals surface area contributed by atoms with Crippen molar-refractivity contribution in [1.29, 1.82) is 0 Å². The number of likely N-dealkylation sites (N-methyl/N-ethyl adjacent to an activating group) is 1.